The van der Waals surface area contributed by atoms with Gasteiger partial charge in [-0.25, -0.2) is 0 Å². The monoisotopic (exact) mass is 210 g/mol. The molecule has 1 aliphatic rings. The van der Waals surface area contributed by atoms with Crippen molar-refractivity contribution in [2.45, 2.75) is 40.0 Å². The quantitative estimate of drug-likeness (QED) is 0.514. The summed E-state index contributed by atoms with van der Waals surface area (Å²) < 4.78 is 4.80. The molecule has 0 amide bonds. The van der Waals surface area contributed by atoms with Gasteiger partial charge in [0.25, 0.3) is 0 Å². The van der Waals surface area contributed by atoms with E-state index in [1.54, 1.807) is 0 Å². The summed E-state index contributed by atoms with van der Waals surface area (Å²) in [5.74, 6) is 0.528. The molecule has 2 heteroatoms. The van der Waals surface area contributed by atoms with Crippen molar-refractivity contribution in [1.29, 1.82) is 0 Å². The van der Waals surface area contributed by atoms with Crippen molar-refractivity contribution in [3.63, 3.8) is 0 Å². The highest BCUT2D eigenvalue weighted by Gasteiger charge is 2.61. The van der Waals surface area contributed by atoms with Gasteiger partial charge in [0.1, 0.15) is 0 Å². The summed E-state index contributed by atoms with van der Waals surface area (Å²) in [5, 5.41) is 0. The lowest BCUT2D eigenvalue weighted by Gasteiger charge is -1.99. The van der Waals surface area contributed by atoms with E-state index >= 15 is 0 Å². The summed E-state index contributed by atoms with van der Waals surface area (Å²) in [4.78, 5) is 11.4. The highest BCUT2D eigenvalue weighted by Crippen LogP contribution is 2.60. The van der Waals surface area contributed by atoms with Crippen molar-refractivity contribution in [2.24, 2.45) is 17.3 Å². The lowest BCUT2D eigenvalue weighted by molar-refractivity contribution is -0.143. The molecule has 1 rings (SSSR count). The maximum Gasteiger partial charge on any atom is 0.309 e. The smallest absolute Gasteiger partial charge is 0.309 e. The van der Waals surface area contributed by atoms with E-state index in [4.69, 9.17) is 4.74 Å². The van der Waals surface area contributed by atoms with Crippen LogP contribution in [0.2, 0.25) is 0 Å². The van der Waals surface area contributed by atoms with Crippen LogP contribution in [0.5, 0.6) is 0 Å². The van der Waals surface area contributed by atoms with Crippen LogP contribution in [0.3, 0.4) is 0 Å². The molecule has 0 saturated heterocycles. The molecule has 0 aromatic heterocycles. The Morgan fingerprint density at radius 1 is 1.40 bits per heavy atom. The molecule has 0 aliphatic heterocycles. The number of ether oxygens (including phenoxy) is 1. The molecule has 0 heterocycles. The first kappa shape index (κ1) is 12.3. The van der Waals surface area contributed by atoms with Crippen LogP contribution in [-0.4, -0.2) is 13.1 Å². The van der Waals surface area contributed by atoms with Gasteiger partial charge in [-0.3, -0.25) is 4.79 Å². The fourth-order valence-corrected chi connectivity index (χ4v) is 2.31. The van der Waals surface area contributed by atoms with Crippen LogP contribution in [0.25, 0.3) is 0 Å². The minimum atomic E-state index is -0.0473. The van der Waals surface area contributed by atoms with Gasteiger partial charge in [0, 0.05) is 0 Å². The molecule has 1 fully saturated rings. The standard InChI is InChI=1S/C13H22O2/c1-5-6-7-8-9-10-11(12(14)15-4)13(10,2)3/h7-8,10-11H,5-6,9H2,1-4H3/b8-7+. The van der Waals surface area contributed by atoms with E-state index in [-0.39, 0.29) is 17.3 Å². The molecular weight excluding hydrogens is 188 g/mol. The number of rotatable bonds is 5. The van der Waals surface area contributed by atoms with Crippen LogP contribution in [0.15, 0.2) is 12.2 Å². The third kappa shape index (κ3) is 2.61. The summed E-state index contributed by atoms with van der Waals surface area (Å²) >= 11 is 0. The lowest BCUT2D eigenvalue weighted by Crippen LogP contribution is -2.07. The Kier molecular flexibility index (Phi) is 3.95. The highest BCUT2D eigenvalue weighted by molar-refractivity contribution is 5.77. The van der Waals surface area contributed by atoms with Crippen molar-refractivity contribution >= 4 is 5.97 Å². The van der Waals surface area contributed by atoms with Gasteiger partial charge >= 0.3 is 5.97 Å². The average molecular weight is 210 g/mol. The molecule has 15 heavy (non-hydrogen) atoms. The zero-order chi connectivity index (χ0) is 11.5. The first-order chi connectivity index (χ1) is 7.05. The average Bonchev–Trinajstić information content (AvgIpc) is 2.74. The number of methoxy groups -OCH3 is 1. The lowest BCUT2D eigenvalue weighted by atomic mass is 10.1. The minimum Gasteiger partial charge on any atom is -0.469 e. The van der Waals surface area contributed by atoms with E-state index < -0.39 is 0 Å². The van der Waals surface area contributed by atoms with Crippen molar-refractivity contribution in [3.05, 3.63) is 12.2 Å². The number of allylic oxidation sites excluding steroid dienone is 2. The van der Waals surface area contributed by atoms with Gasteiger partial charge < -0.3 is 4.74 Å². The molecule has 2 unspecified atom stereocenters. The summed E-state index contributed by atoms with van der Waals surface area (Å²) in [6.45, 7) is 6.46. The molecule has 2 nitrogen and oxygen atoms in total. The van der Waals surface area contributed by atoms with Crippen LogP contribution >= 0.6 is 0 Å². The summed E-state index contributed by atoms with van der Waals surface area (Å²) in [5.41, 5.74) is 0.129. The third-order valence-corrected chi connectivity index (χ3v) is 3.52. The van der Waals surface area contributed by atoms with Gasteiger partial charge in [0.05, 0.1) is 13.0 Å². The van der Waals surface area contributed by atoms with Gasteiger partial charge in [0.15, 0.2) is 0 Å². The third-order valence-electron chi connectivity index (χ3n) is 3.52. The van der Waals surface area contributed by atoms with Gasteiger partial charge in [0.2, 0.25) is 0 Å². The van der Waals surface area contributed by atoms with Crippen molar-refractivity contribution < 1.29 is 9.53 Å². The fourth-order valence-electron chi connectivity index (χ4n) is 2.31. The molecule has 0 N–H and O–H groups in total. The van der Waals surface area contributed by atoms with Crippen molar-refractivity contribution in [3.8, 4) is 0 Å². The van der Waals surface area contributed by atoms with Crippen LogP contribution in [0, 0.1) is 17.3 Å². The SMILES string of the molecule is CCC/C=C/CC1C(C(=O)OC)C1(C)C. The molecule has 86 valence electrons. The second-order valence-electron chi connectivity index (χ2n) is 4.92. The summed E-state index contributed by atoms with van der Waals surface area (Å²) in [6, 6.07) is 0. The first-order valence-electron chi connectivity index (χ1n) is 5.78. The largest absolute Gasteiger partial charge is 0.469 e. The van der Waals surface area contributed by atoms with Gasteiger partial charge in [-0.2, -0.15) is 0 Å². The van der Waals surface area contributed by atoms with E-state index in [0.29, 0.717) is 5.92 Å². The first-order valence-corrected chi connectivity index (χ1v) is 5.78. The van der Waals surface area contributed by atoms with E-state index in [1.165, 1.54) is 13.5 Å². The van der Waals surface area contributed by atoms with Crippen molar-refractivity contribution in [1.82, 2.24) is 0 Å². The number of unbranched alkanes of at least 4 members (excludes halogenated alkanes) is 1. The Morgan fingerprint density at radius 3 is 2.60 bits per heavy atom. The Morgan fingerprint density at radius 2 is 2.07 bits per heavy atom. The van der Waals surface area contributed by atoms with Crippen LogP contribution in [0.1, 0.15) is 40.0 Å². The summed E-state index contributed by atoms with van der Waals surface area (Å²) in [7, 11) is 1.47. The van der Waals surface area contributed by atoms with E-state index in [0.717, 1.165) is 12.8 Å². The van der Waals surface area contributed by atoms with Gasteiger partial charge in [-0.05, 0) is 24.2 Å². The van der Waals surface area contributed by atoms with E-state index in [2.05, 4.69) is 32.9 Å². The van der Waals surface area contributed by atoms with Gasteiger partial charge in [-0.1, -0.05) is 39.3 Å². The number of hydrogen-bond donors (Lipinski definition) is 0. The minimum absolute atomic E-state index is 0.0473. The Labute approximate surface area is 92.7 Å². The molecule has 0 bridgehead atoms. The highest BCUT2D eigenvalue weighted by atomic mass is 16.5. The van der Waals surface area contributed by atoms with Crippen LogP contribution in [0.4, 0.5) is 0 Å². The predicted octanol–water partition coefficient (Wildman–Crippen LogP) is 3.18. The Balaban J connectivity index is 2.41. The molecule has 2 atom stereocenters. The Hall–Kier alpha value is -0.790. The molecule has 0 aromatic rings. The zero-order valence-electron chi connectivity index (χ0n) is 10.2. The zero-order valence-corrected chi connectivity index (χ0v) is 10.2. The maximum absolute atomic E-state index is 11.4. The topological polar surface area (TPSA) is 26.3 Å². The van der Waals surface area contributed by atoms with Gasteiger partial charge in [-0.15, -0.1) is 0 Å². The van der Waals surface area contributed by atoms with E-state index in [9.17, 15) is 4.79 Å². The molecule has 0 radical (unpaired) electrons. The summed E-state index contributed by atoms with van der Waals surface area (Å²) in [6.07, 6.45) is 7.75. The van der Waals surface area contributed by atoms with Crippen molar-refractivity contribution in [2.75, 3.05) is 7.11 Å². The normalized spacial score (nSPS) is 28.0. The number of carbonyl (C=O) groups excluding carboxylic acids is 1. The fraction of sp³-hybridized carbons (Fsp3) is 0.769. The maximum atomic E-state index is 11.4. The molecule has 0 spiro atoms. The number of carbonyl (C=O) groups is 1. The number of hydrogen-bond acceptors (Lipinski definition) is 2. The van der Waals surface area contributed by atoms with E-state index in [1.807, 2.05) is 0 Å². The van der Waals surface area contributed by atoms with Crippen LogP contribution in [-0.2, 0) is 9.53 Å². The predicted molar refractivity (Wildman–Crippen MR) is 61.4 cm³/mol. The number of esters is 1. The van der Waals surface area contributed by atoms with Crippen LogP contribution < -0.4 is 0 Å². The Bertz CT molecular complexity index is 253. The molecular formula is C13H22O2. The molecule has 0 aromatic carbocycles. The molecule has 1 saturated carbocycles. The molecule has 1 aliphatic carbocycles. The second kappa shape index (κ2) is 4.82. The second-order valence-corrected chi connectivity index (χ2v) is 4.92.